The molecule has 0 radical (unpaired) electrons. The minimum atomic E-state index is -3.11. The molecule has 0 amide bonds. The van der Waals surface area contributed by atoms with E-state index in [9.17, 15) is 8.42 Å². The van der Waals surface area contributed by atoms with Crippen LogP contribution in [0.2, 0.25) is 0 Å². The van der Waals surface area contributed by atoms with Crippen molar-refractivity contribution in [3.63, 3.8) is 0 Å². The summed E-state index contributed by atoms with van der Waals surface area (Å²) in [5.41, 5.74) is 0. The van der Waals surface area contributed by atoms with E-state index in [0.717, 1.165) is 36.2 Å². The Labute approximate surface area is 128 Å². The first-order chi connectivity index (χ1) is 9.38. The van der Waals surface area contributed by atoms with Gasteiger partial charge in [0.1, 0.15) is 12.1 Å². The molecule has 1 aliphatic rings. The monoisotopic (exact) mass is 362 g/mol. The quantitative estimate of drug-likeness (QED) is 0.808. The number of sulfonamides is 1. The summed E-state index contributed by atoms with van der Waals surface area (Å²) in [6, 6.07) is 0. The van der Waals surface area contributed by atoms with Crippen molar-refractivity contribution in [1.29, 1.82) is 0 Å². The van der Waals surface area contributed by atoms with Crippen LogP contribution >= 0.6 is 15.9 Å². The zero-order chi connectivity index (χ0) is 14.8. The number of nitrogens with zero attached hydrogens (tertiary/aromatic N) is 4. The molecule has 0 aromatic carbocycles. The fourth-order valence-electron chi connectivity index (χ4n) is 2.44. The fourth-order valence-corrected chi connectivity index (χ4v) is 3.40. The Morgan fingerprint density at radius 2 is 2.30 bits per heavy atom. The predicted octanol–water partition coefficient (Wildman–Crippen LogP) is 1.35. The molecule has 1 aromatic rings. The first kappa shape index (κ1) is 15.7. The largest absolute Gasteiger partial charge is 0.355 e. The van der Waals surface area contributed by atoms with Crippen LogP contribution in [0.5, 0.6) is 0 Å². The SMILES string of the molecule is CN(C[C@H]1CCCN(c2ncncc2Br)C1)S(C)(=O)=O. The lowest BCUT2D eigenvalue weighted by Crippen LogP contribution is -2.41. The number of hydrogen-bond acceptors (Lipinski definition) is 5. The molecule has 0 aliphatic carbocycles. The van der Waals surface area contributed by atoms with Crippen LogP contribution in [0.1, 0.15) is 12.8 Å². The summed E-state index contributed by atoms with van der Waals surface area (Å²) in [4.78, 5) is 10.5. The molecule has 0 unspecified atom stereocenters. The van der Waals surface area contributed by atoms with Gasteiger partial charge < -0.3 is 4.90 Å². The Morgan fingerprint density at radius 3 is 2.95 bits per heavy atom. The average Bonchev–Trinajstić information content (AvgIpc) is 2.38. The zero-order valence-electron chi connectivity index (χ0n) is 11.7. The lowest BCUT2D eigenvalue weighted by atomic mass is 9.98. The van der Waals surface area contributed by atoms with Crippen molar-refractivity contribution in [2.24, 2.45) is 5.92 Å². The van der Waals surface area contributed by atoms with E-state index in [1.165, 1.54) is 16.9 Å². The maximum absolute atomic E-state index is 11.5. The number of rotatable bonds is 4. The first-order valence-electron chi connectivity index (χ1n) is 6.49. The van der Waals surface area contributed by atoms with Crippen LogP contribution in [0, 0.1) is 5.92 Å². The number of anilines is 1. The topological polar surface area (TPSA) is 66.4 Å². The molecule has 1 fully saturated rings. The highest BCUT2D eigenvalue weighted by Crippen LogP contribution is 2.27. The smallest absolute Gasteiger partial charge is 0.210 e. The van der Waals surface area contributed by atoms with E-state index in [2.05, 4.69) is 30.8 Å². The highest BCUT2D eigenvalue weighted by Gasteiger charge is 2.25. The highest BCUT2D eigenvalue weighted by molar-refractivity contribution is 9.10. The van der Waals surface area contributed by atoms with Crippen LogP contribution in [-0.4, -0.2) is 55.6 Å². The van der Waals surface area contributed by atoms with Gasteiger partial charge in [0.05, 0.1) is 10.7 Å². The Balaban J connectivity index is 2.04. The Bertz CT molecular complexity index is 566. The lowest BCUT2D eigenvalue weighted by molar-refractivity contribution is 0.336. The predicted molar refractivity (Wildman–Crippen MR) is 82.1 cm³/mol. The van der Waals surface area contributed by atoms with Crippen molar-refractivity contribution in [3.05, 3.63) is 17.0 Å². The third kappa shape index (κ3) is 3.89. The zero-order valence-corrected chi connectivity index (χ0v) is 14.1. The molecule has 112 valence electrons. The van der Waals surface area contributed by atoms with E-state index in [-0.39, 0.29) is 0 Å². The third-order valence-electron chi connectivity index (χ3n) is 3.55. The molecule has 2 rings (SSSR count). The molecule has 2 heterocycles. The molecule has 0 bridgehead atoms. The summed E-state index contributed by atoms with van der Waals surface area (Å²) in [5, 5.41) is 0. The van der Waals surface area contributed by atoms with Gasteiger partial charge in [-0.15, -0.1) is 0 Å². The van der Waals surface area contributed by atoms with E-state index in [1.54, 1.807) is 13.2 Å². The van der Waals surface area contributed by atoms with Crippen LogP contribution in [0.4, 0.5) is 5.82 Å². The lowest BCUT2D eigenvalue weighted by Gasteiger charge is -2.35. The minimum absolute atomic E-state index is 0.324. The van der Waals surface area contributed by atoms with Crippen LogP contribution in [0.3, 0.4) is 0 Å². The Kier molecular flexibility index (Phi) is 4.98. The summed E-state index contributed by atoms with van der Waals surface area (Å²) >= 11 is 3.46. The summed E-state index contributed by atoms with van der Waals surface area (Å²) in [6.07, 6.45) is 6.59. The summed E-state index contributed by atoms with van der Waals surface area (Å²) < 4.78 is 25.3. The number of piperidine rings is 1. The van der Waals surface area contributed by atoms with Gasteiger partial charge in [-0.05, 0) is 34.7 Å². The molecule has 6 nitrogen and oxygen atoms in total. The number of aromatic nitrogens is 2. The van der Waals surface area contributed by atoms with Gasteiger partial charge >= 0.3 is 0 Å². The molecule has 8 heteroatoms. The van der Waals surface area contributed by atoms with Gasteiger partial charge in [-0.3, -0.25) is 0 Å². The molecule has 0 saturated carbocycles. The summed E-state index contributed by atoms with van der Waals surface area (Å²) in [7, 11) is -1.48. The van der Waals surface area contributed by atoms with Gasteiger partial charge in [-0.1, -0.05) is 0 Å². The van der Waals surface area contributed by atoms with Gasteiger partial charge in [-0.2, -0.15) is 0 Å². The molecule has 1 aliphatic heterocycles. The molecule has 0 N–H and O–H groups in total. The third-order valence-corrected chi connectivity index (χ3v) is 5.39. The van der Waals surface area contributed by atoms with Crippen molar-refractivity contribution in [3.8, 4) is 0 Å². The normalized spacial score (nSPS) is 20.4. The highest BCUT2D eigenvalue weighted by atomic mass is 79.9. The molecular formula is C12H19BrN4O2S. The van der Waals surface area contributed by atoms with E-state index >= 15 is 0 Å². The van der Waals surface area contributed by atoms with Crippen LogP contribution < -0.4 is 4.90 Å². The summed E-state index contributed by atoms with van der Waals surface area (Å²) in [6.45, 7) is 2.31. The van der Waals surface area contributed by atoms with Crippen LogP contribution in [-0.2, 0) is 10.0 Å². The van der Waals surface area contributed by atoms with E-state index in [1.807, 2.05) is 0 Å². The maximum Gasteiger partial charge on any atom is 0.210 e. The van der Waals surface area contributed by atoms with Crippen LogP contribution in [0.15, 0.2) is 17.0 Å². The van der Waals surface area contributed by atoms with Gasteiger partial charge in [0.25, 0.3) is 0 Å². The van der Waals surface area contributed by atoms with E-state index in [4.69, 9.17) is 0 Å². The van der Waals surface area contributed by atoms with Gasteiger partial charge in [-0.25, -0.2) is 22.7 Å². The molecule has 20 heavy (non-hydrogen) atoms. The molecule has 0 spiro atoms. The van der Waals surface area contributed by atoms with Gasteiger partial charge in [0.15, 0.2) is 0 Å². The maximum atomic E-state index is 11.5. The van der Waals surface area contributed by atoms with Crippen molar-refractivity contribution in [2.45, 2.75) is 12.8 Å². The number of halogens is 1. The van der Waals surface area contributed by atoms with Crippen molar-refractivity contribution < 1.29 is 8.42 Å². The van der Waals surface area contributed by atoms with E-state index < -0.39 is 10.0 Å². The molecule has 1 saturated heterocycles. The van der Waals surface area contributed by atoms with Crippen molar-refractivity contribution in [1.82, 2.24) is 14.3 Å². The second kappa shape index (κ2) is 6.36. The average molecular weight is 363 g/mol. The second-order valence-electron chi connectivity index (χ2n) is 5.19. The van der Waals surface area contributed by atoms with Crippen LogP contribution in [0.25, 0.3) is 0 Å². The van der Waals surface area contributed by atoms with Gasteiger partial charge in [0.2, 0.25) is 10.0 Å². The minimum Gasteiger partial charge on any atom is -0.355 e. The molecular weight excluding hydrogens is 344 g/mol. The molecule has 1 atom stereocenters. The van der Waals surface area contributed by atoms with Crippen molar-refractivity contribution >= 4 is 31.8 Å². The second-order valence-corrected chi connectivity index (χ2v) is 8.14. The van der Waals surface area contributed by atoms with Crippen molar-refractivity contribution in [2.75, 3.05) is 37.8 Å². The molecule has 1 aromatic heterocycles. The summed E-state index contributed by atoms with van der Waals surface area (Å²) in [5.74, 6) is 1.21. The van der Waals surface area contributed by atoms with E-state index in [0.29, 0.717) is 12.5 Å². The first-order valence-corrected chi connectivity index (χ1v) is 9.14. The standard InChI is InChI=1S/C12H19BrN4O2S/c1-16(20(2,18)19)7-10-4-3-5-17(8-10)12-11(13)6-14-9-15-12/h6,9-10H,3-5,7-8H2,1-2H3/t10-/m1/s1. The van der Waals surface area contributed by atoms with Gasteiger partial charge in [0, 0.05) is 32.9 Å². The Hall–Kier alpha value is -0.730. The fraction of sp³-hybridized carbons (Fsp3) is 0.667. The Morgan fingerprint density at radius 1 is 1.55 bits per heavy atom. The number of hydrogen-bond donors (Lipinski definition) is 0.